The number of carbonyl (C=O) groups is 1. The molecule has 6 nitrogen and oxygen atoms in total. The zero-order valence-electron chi connectivity index (χ0n) is 16.1. The molecule has 0 spiro atoms. The van der Waals surface area contributed by atoms with Gasteiger partial charge in [0.05, 0.1) is 11.3 Å². The van der Waals surface area contributed by atoms with Gasteiger partial charge in [0.15, 0.2) is 0 Å². The van der Waals surface area contributed by atoms with Gasteiger partial charge in [0.2, 0.25) is 0 Å². The number of likely N-dealkylation sites (N-methyl/N-ethyl adjacent to an activating group) is 1. The number of anilines is 3. The van der Waals surface area contributed by atoms with Gasteiger partial charge in [0.25, 0.3) is 5.91 Å². The molecule has 0 atom stereocenters. The maximum absolute atomic E-state index is 13.0. The third kappa shape index (κ3) is 3.40. The summed E-state index contributed by atoms with van der Waals surface area (Å²) in [4.78, 5) is 17.7. The summed E-state index contributed by atoms with van der Waals surface area (Å²) in [6.07, 6.45) is 1.69. The van der Waals surface area contributed by atoms with Crippen LogP contribution in [-0.2, 0) is 4.79 Å². The molecule has 0 radical (unpaired) electrons. The van der Waals surface area contributed by atoms with Crippen molar-refractivity contribution in [3.05, 3.63) is 72.4 Å². The molecule has 1 amide bonds. The number of carbonyl (C=O) groups excluding carboxylic acids is 1. The van der Waals surface area contributed by atoms with E-state index in [1.807, 2.05) is 24.3 Å². The third-order valence-corrected chi connectivity index (χ3v) is 5.38. The van der Waals surface area contributed by atoms with Gasteiger partial charge in [0.1, 0.15) is 0 Å². The smallest absolute Gasteiger partial charge is 0.274 e. The summed E-state index contributed by atoms with van der Waals surface area (Å²) in [5, 5.41) is 4.38. The van der Waals surface area contributed by atoms with E-state index in [4.69, 9.17) is 5.84 Å². The Labute approximate surface area is 165 Å². The normalized spacial score (nSPS) is 16.9. The standard InChI is InChI=1S/C22H25N5O/c1-16-19-14-18(26-12-10-25(2)11-13-26)8-9-21(19)24-15-20(16)22(28)27(23)17-6-4-3-5-7-17/h3-9,14-15,24H,1,10-13,23H2,2H3. The molecule has 0 unspecified atom stereocenters. The van der Waals surface area contributed by atoms with E-state index in [1.54, 1.807) is 18.3 Å². The Morgan fingerprint density at radius 1 is 1.11 bits per heavy atom. The number of nitrogens with two attached hydrogens (primary N) is 1. The van der Waals surface area contributed by atoms with Crippen LogP contribution in [0.4, 0.5) is 17.1 Å². The van der Waals surface area contributed by atoms with E-state index in [2.05, 4.69) is 40.9 Å². The fourth-order valence-corrected chi connectivity index (χ4v) is 3.58. The first-order chi connectivity index (χ1) is 13.5. The van der Waals surface area contributed by atoms with Gasteiger partial charge in [0, 0.05) is 49.3 Å². The molecule has 2 heterocycles. The number of benzene rings is 2. The average molecular weight is 375 g/mol. The molecule has 4 rings (SSSR count). The second kappa shape index (κ2) is 7.50. The highest BCUT2D eigenvalue weighted by molar-refractivity contribution is 6.17. The summed E-state index contributed by atoms with van der Waals surface area (Å²) in [5.41, 5.74) is 4.82. The second-order valence-electron chi connectivity index (χ2n) is 7.21. The predicted molar refractivity (Wildman–Crippen MR) is 115 cm³/mol. The topological polar surface area (TPSA) is 64.8 Å². The molecule has 0 bridgehead atoms. The van der Waals surface area contributed by atoms with Crippen molar-refractivity contribution in [1.82, 2.24) is 4.90 Å². The summed E-state index contributed by atoms with van der Waals surface area (Å²) in [7, 11) is 2.14. The maximum atomic E-state index is 13.0. The molecule has 1 fully saturated rings. The van der Waals surface area contributed by atoms with Gasteiger partial charge >= 0.3 is 0 Å². The molecule has 0 aromatic heterocycles. The molecule has 1 saturated heterocycles. The SMILES string of the molecule is C=C1C(C(=O)N(N)c2ccccc2)=CNc2ccc(N3CCN(C)CC3)cc21. The Balaban J connectivity index is 1.57. The number of hydrogen-bond acceptors (Lipinski definition) is 5. The van der Waals surface area contributed by atoms with Crippen molar-refractivity contribution in [2.24, 2.45) is 5.84 Å². The van der Waals surface area contributed by atoms with Crippen molar-refractivity contribution in [3.8, 4) is 0 Å². The van der Waals surface area contributed by atoms with Crippen molar-refractivity contribution in [2.75, 3.05) is 48.5 Å². The Bertz CT molecular complexity index is 929. The lowest BCUT2D eigenvalue weighted by atomic mass is 9.94. The first-order valence-corrected chi connectivity index (χ1v) is 9.42. The van der Waals surface area contributed by atoms with Crippen LogP contribution in [0, 0.1) is 0 Å². The highest BCUT2D eigenvalue weighted by Gasteiger charge is 2.25. The number of rotatable bonds is 3. The average Bonchev–Trinajstić information content (AvgIpc) is 2.74. The van der Waals surface area contributed by atoms with E-state index < -0.39 is 0 Å². The zero-order chi connectivity index (χ0) is 19.7. The Morgan fingerprint density at radius 2 is 1.82 bits per heavy atom. The lowest BCUT2D eigenvalue weighted by Crippen LogP contribution is -2.44. The van der Waals surface area contributed by atoms with Gasteiger partial charge in [-0.25, -0.2) is 10.9 Å². The molecule has 2 aromatic rings. The molecular formula is C22H25N5O. The van der Waals surface area contributed by atoms with E-state index in [-0.39, 0.29) is 5.91 Å². The lowest BCUT2D eigenvalue weighted by Gasteiger charge is -2.34. The van der Waals surface area contributed by atoms with E-state index in [1.165, 1.54) is 0 Å². The van der Waals surface area contributed by atoms with Crippen LogP contribution in [-0.4, -0.2) is 44.0 Å². The fraction of sp³-hybridized carbons (Fsp3) is 0.227. The Kier molecular flexibility index (Phi) is 4.90. The van der Waals surface area contributed by atoms with Gasteiger partial charge in [-0.15, -0.1) is 0 Å². The molecule has 28 heavy (non-hydrogen) atoms. The molecule has 2 aromatic carbocycles. The summed E-state index contributed by atoms with van der Waals surface area (Å²) in [5.74, 6) is 5.78. The number of amides is 1. The van der Waals surface area contributed by atoms with Crippen molar-refractivity contribution in [1.29, 1.82) is 0 Å². The van der Waals surface area contributed by atoms with Crippen LogP contribution >= 0.6 is 0 Å². The molecule has 2 aliphatic rings. The zero-order valence-corrected chi connectivity index (χ0v) is 16.1. The number of nitrogens with one attached hydrogen (secondary N) is 1. The molecule has 6 heteroatoms. The van der Waals surface area contributed by atoms with Crippen LogP contribution in [0.25, 0.3) is 5.57 Å². The van der Waals surface area contributed by atoms with Crippen LogP contribution in [0.2, 0.25) is 0 Å². The van der Waals surface area contributed by atoms with Gasteiger partial charge in [-0.3, -0.25) is 4.79 Å². The molecule has 2 aliphatic heterocycles. The van der Waals surface area contributed by atoms with Gasteiger partial charge in [-0.2, -0.15) is 0 Å². The monoisotopic (exact) mass is 375 g/mol. The van der Waals surface area contributed by atoms with Crippen LogP contribution in [0.3, 0.4) is 0 Å². The minimum atomic E-state index is -0.292. The minimum Gasteiger partial charge on any atom is -0.369 e. The van der Waals surface area contributed by atoms with E-state index in [0.29, 0.717) is 16.8 Å². The number of hydrazine groups is 1. The Hall–Kier alpha value is -3.09. The van der Waals surface area contributed by atoms with Gasteiger partial charge in [-0.1, -0.05) is 24.8 Å². The first kappa shape index (κ1) is 18.3. The van der Waals surface area contributed by atoms with E-state index in [9.17, 15) is 4.79 Å². The Morgan fingerprint density at radius 3 is 2.54 bits per heavy atom. The van der Waals surface area contributed by atoms with Crippen molar-refractivity contribution in [2.45, 2.75) is 0 Å². The lowest BCUT2D eigenvalue weighted by molar-refractivity contribution is -0.114. The third-order valence-electron chi connectivity index (χ3n) is 5.38. The minimum absolute atomic E-state index is 0.292. The second-order valence-corrected chi connectivity index (χ2v) is 7.21. The molecule has 0 aliphatic carbocycles. The van der Waals surface area contributed by atoms with Crippen molar-refractivity contribution < 1.29 is 4.79 Å². The summed E-state index contributed by atoms with van der Waals surface area (Å²) in [6, 6.07) is 15.5. The van der Waals surface area contributed by atoms with Crippen LogP contribution in [0.15, 0.2) is 66.9 Å². The van der Waals surface area contributed by atoms with Crippen LogP contribution in [0.1, 0.15) is 5.56 Å². The number of piperazine rings is 1. The van der Waals surface area contributed by atoms with Crippen LogP contribution < -0.4 is 21.1 Å². The number of hydrogen-bond donors (Lipinski definition) is 2. The number of para-hydroxylation sites is 1. The molecular weight excluding hydrogens is 350 g/mol. The highest BCUT2D eigenvalue weighted by atomic mass is 16.2. The largest absolute Gasteiger partial charge is 0.369 e. The van der Waals surface area contributed by atoms with Crippen molar-refractivity contribution in [3.63, 3.8) is 0 Å². The molecule has 3 N–H and O–H groups in total. The number of nitrogens with zero attached hydrogens (tertiary/aromatic N) is 3. The fourth-order valence-electron chi connectivity index (χ4n) is 3.58. The summed E-state index contributed by atoms with van der Waals surface area (Å²) in [6.45, 7) is 8.25. The maximum Gasteiger partial charge on any atom is 0.274 e. The summed E-state index contributed by atoms with van der Waals surface area (Å²) >= 11 is 0. The van der Waals surface area contributed by atoms with E-state index >= 15 is 0 Å². The van der Waals surface area contributed by atoms with Gasteiger partial charge in [-0.05, 0) is 43.0 Å². The number of fused-ring (bicyclic) bond motifs is 1. The highest BCUT2D eigenvalue weighted by Crippen LogP contribution is 2.36. The van der Waals surface area contributed by atoms with E-state index in [0.717, 1.165) is 48.1 Å². The van der Waals surface area contributed by atoms with Crippen molar-refractivity contribution >= 4 is 28.5 Å². The van der Waals surface area contributed by atoms with Gasteiger partial charge < -0.3 is 15.1 Å². The molecule has 144 valence electrons. The quantitative estimate of drug-likeness (QED) is 0.491. The first-order valence-electron chi connectivity index (χ1n) is 9.42. The molecule has 0 saturated carbocycles. The summed E-state index contributed by atoms with van der Waals surface area (Å²) < 4.78 is 0. The van der Waals surface area contributed by atoms with Crippen LogP contribution in [0.5, 0.6) is 0 Å². The predicted octanol–water partition coefficient (Wildman–Crippen LogP) is 2.67.